The van der Waals surface area contributed by atoms with Crippen LogP contribution in [0.15, 0.2) is 54.6 Å². The van der Waals surface area contributed by atoms with E-state index in [2.05, 4.69) is 5.32 Å². The molecule has 3 rings (SSSR count). The van der Waals surface area contributed by atoms with E-state index in [4.69, 9.17) is 4.74 Å². The highest BCUT2D eigenvalue weighted by atomic mass is 19.1. The standard InChI is InChI=1S/C26H33FN2O3/c1-20(26(31)28-22-12-4-2-5-13-22)29(19-21-11-8-9-16-24(21)27)25(30)17-10-18-32-23-14-6-3-7-15-23/h3,6-9,11,14-16,20,22H,2,4-5,10,12-13,17-19H2,1H3,(H,28,31)/t20-/m1/s1. The summed E-state index contributed by atoms with van der Waals surface area (Å²) in [5.74, 6) is 0.0133. The first kappa shape index (κ1) is 23.8. The molecule has 1 fully saturated rings. The second-order valence-corrected chi connectivity index (χ2v) is 8.40. The number of amides is 2. The van der Waals surface area contributed by atoms with Crippen LogP contribution < -0.4 is 10.1 Å². The SMILES string of the molecule is C[C@H](C(=O)NC1CCCCC1)N(Cc1ccccc1F)C(=O)CCCOc1ccccc1. The first-order valence-corrected chi connectivity index (χ1v) is 11.6. The van der Waals surface area contributed by atoms with E-state index >= 15 is 0 Å². The van der Waals surface area contributed by atoms with Gasteiger partial charge in [-0.3, -0.25) is 9.59 Å². The van der Waals surface area contributed by atoms with Crippen molar-refractivity contribution in [1.29, 1.82) is 0 Å². The molecule has 0 spiro atoms. The molecule has 6 heteroatoms. The Morgan fingerprint density at radius 3 is 2.47 bits per heavy atom. The number of hydrogen-bond acceptors (Lipinski definition) is 3. The Kier molecular flexibility index (Phi) is 9.08. The van der Waals surface area contributed by atoms with E-state index in [9.17, 15) is 14.0 Å². The van der Waals surface area contributed by atoms with Gasteiger partial charge in [0.2, 0.25) is 11.8 Å². The minimum absolute atomic E-state index is 0.0598. The Bertz CT molecular complexity index is 868. The lowest BCUT2D eigenvalue weighted by atomic mass is 9.95. The summed E-state index contributed by atoms with van der Waals surface area (Å²) in [5.41, 5.74) is 0.402. The smallest absolute Gasteiger partial charge is 0.242 e. The highest BCUT2D eigenvalue weighted by Gasteiger charge is 2.28. The average Bonchev–Trinajstić information content (AvgIpc) is 2.82. The van der Waals surface area contributed by atoms with Gasteiger partial charge in [0.1, 0.15) is 17.6 Å². The highest BCUT2D eigenvalue weighted by Crippen LogP contribution is 2.19. The molecular weight excluding hydrogens is 407 g/mol. The number of carbonyl (C=O) groups excluding carboxylic acids is 2. The molecule has 0 aliphatic heterocycles. The maximum atomic E-state index is 14.3. The van der Waals surface area contributed by atoms with Gasteiger partial charge in [-0.15, -0.1) is 0 Å². The highest BCUT2D eigenvalue weighted by molar-refractivity contribution is 5.87. The minimum Gasteiger partial charge on any atom is -0.494 e. The molecule has 0 heterocycles. The molecule has 1 saturated carbocycles. The Balaban J connectivity index is 1.61. The van der Waals surface area contributed by atoms with Gasteiger partial charge in [0.05, 0.1) is 6.61 Å². The molecule has 2 aromatic carbocycles. The monoisotopic (exact) mass is 440 g/mol. The van der Waals surface area contributed by atoms with E-state index in [0.29, 0.717) is 18.6 Å². The first-order chi connectivity index (χ1) is 15.5. The molecule has 2 amide bonds. The number of ether oxygens (including phenoxy) is 1. The Labute approximate surface area is 190 Å². The van der Waals surface area contributed by atoms with Crippen LogP contribution in [0.5, 0.6) is 5.75 Å². The molecule has 1 aliphatic rings. The van der Waals surface area contributed by atoms with E-state index in [0.717, 1.165) is 31.4 Å². The zero-order valence-electron chi connectivity index (χ0n) is 18.8. The van der Waals surface area contributed by atoms with E-state index in [-0.39, 0.29) is 36.6 Å². The number of nitrogens with one attached hydrogen (secondary N) is 1. The molecule has 2 aromatic rings. The third kappa shape index (κ3) is 7.08. The maximum Gasteiger partial charge on any atom is 0.242 e. The number of rotatable bonds is 10. The van der Waals surface area contributed by atoms with Gasteiger partial charge in [-0.05, 0) is 44.4 Å². The molecule has 1 aliphatic carbocycles. The third-order valence-corrected chi connectivity index (χ3v) is 5.96. The summed E-state index contributed by atoms with van der Waals surface area (Å²) in [6, 6.07) is 15.3. The average molecular weight is 441 g/mol. The van der Waals surface area contributed by atoms with Gasteiger partial charge in [-0.25, -0.2) is 4.39 Å². The Morgan fingerprint density at radius 1 is 1.06 bits per heavy atom. The summed E-state index contributed by atoms with van der Waals surface area (Å²) in [5, 5.41) is 3.09. The molecule has 0 bridgehead atoms. The summed E-state index contributed by atoms with van der Waals surface area (Å²) in [7, 11) is 0. The van der Waals surface area contributed by atoms with Crippen LogP contribution in [0.3, 0.4) is 0 Å². The fourth-order valence-electron chi connectivity index (χ4n) is 4.04. The van der Waals surface area contributed by atoms with Gasteiger partial charge in [0, 0.05) is 24.6 Å². The Hall–Kier alpha value is -2.89. The zero-order chi connectivity index (χ0) is 22.8. The number of carbonyl (C=O) groups is 2. The van der Waals surface area contributed by atoms with Crippen LogP contribution in [0.2, 0.25) is 0 Å². The molecule has 0 saturated heterocycles. The lowest BCUT2D eigenvalue weighted by molar-refractivity contribution is -0.141. The summed E-state index contributed by atoms with van der Waals surface area (Å²) in [6.45, 7) is 2.17. The van der Waals surface area contributed by atoms with Crippen LogP contribution in [0, 0.1) is 5.82 Å². The third-order valence-electron chi connectivity index (χ3n) is 5.96. The van der Waals surface area contributed by atoms with Crippen LogP contribution in [0.25, 0.3) is 0 Å². The second kappa shape index (κ2) is 12.2. The fraction of sp³-hybridized carbons (Fsp3) is 0.462. The number of halogens is 1. The zero-order valence-corrected chi connectivity index (χ0v) is 18.8. The van der Waals surface area contributed by atoms with Crippen LogP contribution in [-0.4, -0.2) is 35.4 Å². The largest absolute Gasteiger partial charge is 0.494 e. The molecule has 5 nitrogen and oxygen atoms in total. The van der Waals surface area contributed by atoms with Gasteiger partial charge in [0.25, 0.3) is 0 Å². The summed E-state index contributed by atoms with van der Waals surface area (Å²) in [4.78, 5) is 27.5. The predicted molar refractivity (Wildman–Crippen MR) is 123 cm³/mol. The number of nitrogens with zero attached hydrogens (tertiary/aromatic N) is 1. The molecule has 0 radical (unpaired) electrons. The maximum absolute atomic E-state index is 14.3. The fourth-order valence-corrected chi connectivity index (χ4v) is 4.04. The van der Waals surface area contributed by atoms with Gasteiger partial charge >= 0.3 is 0 Å². The second-order valence-electron chi connectivity index (χ2n) is 8.40. The minimum atomic E-state index is -0.681. The molecule has 1 N–H and O–H groups in total. The van der Waals surface area contributed by atoms with Crippen molar-refractivity contribution in [3.63, 3.8) is 0 Å². The molecule has 172 valence electrons. The van der Waals surface area contributed by atoms with Gasteiger partial charge in [-0.2, -0.15) is 0 Å². The van der Waals surface area contributed by atoms with Crippen molar-refractivity contribution in [3.8, 4) is 5.75 Å². The van der Waals surface area contributed by atoms with Crippen molar-refractivity contribution >= 4 is 11.8 Å². The van der Waals surface area contributed by atoms with Crippen molar-refractivity contribution in [2.45, 2.75) is 70.5 Å². The predicted octanol–water partition coefficient (Wildman–Crippen LogP) is 4.85. The molecule has 0 aromatic heterocycles. The molecule has 1 atom stereocenters. The molecule has 32 heavy (non-hydrogen) atoms. The molecular formula is C26H33FN2O3. The van der Waals surface area contributed by atoms with Crippen molar-refractivity contribution < 1.29 is 18.7 Å². The number of benzene rings is 2. The summed E-state index contributed by atoms with van der Waals surface area (Å²) >= 11 is 0. The molecule has 0 unspecified atom stereocenters. The topological polar surface area (TPSA) is 58.6 Å². The van der Waals surface area contributed by atoms with Crippen LogP contribution in [0.1, 0.15) is 57.4 Å². The quantitative estimate of drug-likeness (QED) is 0.537. The lowest BCUT2D eigenvalue weighted by Crippen LogP contribution is -2.50. The van der Waals surface area contributed by atoms with E-state index < -0.39 is 6.04 Å². The lowest BCUT2D eigenvalue weighted by Gasteiger charge is -2.31. The Morgan fingerprint density at radius 2 is 1.75 bits per heavy atom. The summed E-state index contributed by atoms with van der Waals surface area (Å²) < 4.78 is 20.0. The number of hydrogen-bond donors (Lipinski definition) is 1. The normalized spacial score (nSPS) is 15.1. The van der Waals surface area contributed by atoms with Gasteiger partial charge < -0.3 is 15.0 Å². The van der Waals surface area contributed by atoms with Crippen molar-refractivity contribution in [2.24, 2.45) is 0 Å². The van der Waals surface area contributed by atoms with E-state index in [1.807, 2.05) is 30.3 Å². The van der Waals surface area contributed by atoms with Crippen molar-refractivity contribution in [2.75, 3.05) is 6.61 Å². The van der Waals surface area contributed by atoms with Crippen LogP contribution >= 0.6 is 0 Å². The van der Waals surface area contributed by atoms with Crippen molar-refractivity contribution in [3.05, 3.63) is 66.0 Å². The van der Waals surface area contributed by atoms with E-state index in [1.54, 1.807) is 25.1 Å². The van der Waals surface area contributed by atoms with E-state index in [1.165, 1.54) is 17.4 Å². The van der Waals surface area contributed by atoms with Gasteiger partial charge in [-0.1, -0.05) is 55.7 Å². The van der Waals surface area contributed by atoms with Crippen LogP contribution in [-0.2, 0) is 16.1 Å². The first-order valence-electron chi connectivity index (χ1n) is 11.6. The summed E-state index contributed by atoms with van der Waals surface area (Å²) in [6.07, 6.45) is 6.09. The van der Waals surface area contributed by atoms with Crippen LogP contribution in [0.4, 0.5) is 4.39 Å². The van der Waals surface area contributed by atoms with Crippen molar-refractivity contribution in [1.82, 2.24) is 10.2 Å². The van der Waals surface area contributed by atoms with Gasteiger partial charge in [0.15, 0.2) is 0 Å². The number of para-hydroxylation sites is 1.